The predicted molar refractivity (Wildman–Crippen MR) is 81.1 cm³/mol. The van der Waals surface area contributed by atoms with E-state index in [0.717, 1.165) is 10.9 Å². The van der Waals surface area contributed by atoms with Crippen LogP contribution in [0, 0.1) is 0 Å². The molecule has 2 heterocycles. The third-order valence-electron chi connectivity index (χ3n) is 2.52. The molecular weight excluding hydrogens is 389 g/mol. The van der Waals surface area contributed by atoms with Crippen LogP contribution in [-0.2, 0) is 15.5 Å². The summed E-state index contributed by atoms with van der Waals surface area (Å²) in [6.07, 6.45) is 2.76. The fraction of sp³-hybridized carbons (Fsp3) is 0.273. The molecule has 0 atom stereocenters. The molecule has 0 aliphatic heterocycles. The number of hydrogen-bond acceptors (Lipinski definition) is 4. The Hall–Kier alpha value is -0.630. The zero-order chi connectivity index (χ0) is 14.9. The molecule has 0 aliphatic rings. The summed E-state index contributed by atoms with van der Waals surface area (Å²) in [5.74, 6) is 0.419. The van der Waals surface area contributed by atoms with Gasteiger partial charge < -0.3 is 0 Å². The van der Waals surface area contributed by atoms with Crippen LogP contribution in [0.25, 0.3) is 5.82 Å². The minimum Gasteiger partial charge on any atom is -0.236 e. The van der Waals surface area contributed by atoms with Gasteiger partial charge in [0.2, 0.25) is 0 Å². The molecule has 20 heavy (non-hydrogen) atoms. The molecule has 0 saturated carbocycles. The minimum atomic E-state index is -3.96. The molecule has 0 saturated heterocycles. The van der Waals surface area contributed by atoms with Crippen molar-refractivity contribution in [2.45, 2.75) is 24.7 Å². The zero-order valence-electron chi connectivity index (χ0n) is 10.3. The molecule has 0 bridgehead atoms. The predicted octanol–water partition coefficient (Wildman–Crippen LogP) is 3.56. The lowest BCUT2D eigenvalue weighted by molar-refractivity contribution is 0.608. The van der Waals surface area contributed by atoms with Crippen molar-refractivity contribution in [2.24, 2.45) is 0 Å². The number of aromatic nitrogens is 3. The molecule has 0 amide bonds. The number of halogens is 3. The Kier molecular flexibility index (Phi) is 4.73. The first-order chi connectivity index (χ1) is 9.34. The summed E-state index contributed by atoms with van der Waals surface area (Å²) >= 11 is 9.38. The van der Waals surface area contributed by atoms with Crippen molar-refractivity contribution in [3.63, 3.8) is 0 Å². The van der Waals surface area contributed by atoms with Gasteiger partial charge in [0.1, 0.15) is 4.90 Å². The molecule has 2 rings (SSSR count). The molecule has 0 aromatic carbocycles. The normalized spacial score (nSPS) is 11.8. The van der Waals surface area contributed by atoms with E-state index < -0.39 is 9.05 Å². The zero-order valence-corrected chi connectivity index (χ0v) is 14.3. The fourth-order valence-electron chi connectivity index (χ4n) is 1.71. The van der Waals surface area contributed by atoms with Crippen molar-refractivity contribution in [3.05, 3.63) is 33.6 Å². The van der Waals surface area contributed by atoms with Crippen LogP contribution in [0.4, 0.5) is 0 Å². The maximum atomic E-state index is 11.6. The van der Waals surface area contributed by atoms with Crippen LogP contribution >= 0.6 is 38.2 Å². The third kappa shape index (κ3) is 3.16. The van der Waals surface area contributed by atoms with E-state index in [9.17, 15) is 8.42 Å². The van der Waals surface area contributed by atoms with Gasteiger partial charge in [-0.2, -0.15) is 5.10 Å². The van der Waals surface area contributed by atoms with Crippen LogP contribution in [0.3, 0.4) is 0 Å². The molecular formula is C11H10BrCl2N3O2S. The highest BCUT2D eigenvalue weighted by molar-refractivity contribution is 9.10. The van der Waals surface area contributed by atoms with Gasteiger partial charge in [-0.25, -0.2) is 18.1 Å². The summed E-state index contributed by atoms with van der Waals surface area (Å²) in [4.78, 5) is 3.99. The Morgan fingerprint density at radius 2 is 2.10 bits per heavy atom. The maximum Gasteiger partial charge on any atom is 0.266 e. The van der Waals surface area contributed by atoms with E-state index in [4.69, 9.17) is 22.3 Å². The first kappa shape index (κ1) is 15.8. The van der Waals surface area contributed by atoms with Gasteiger partial charge in [-0.05, 0) is 34.5 Å². The van der Waals surface area contributed by atoms with Gasteiger partial charge in [0.25, 0.3) is 9.05 Å². The molecule has 0 fully saturated rings. The monoisotopic (exact) mass is 397 g/mol. The highest BCUT2D eigenvalue weighted by Crippen LogP contribution is 2.31. The molecule has 9 heteroatoms. The van der Waals surface area contributed by atoms with Crippen molar-refractivity contribution in [3.8, 4) is 5.82 Å². The summed E-state index contributed by atoms with van der Waals surface area (Å²) in [6.45, 7) is 1.91. The highest BCUT2D eigenvalue weighted by Gasteiger charge is 2.26. The van der Waals surface area contributed by atoms with Crippen molar-refractivity contribution in [1.82, 2.24) is 14.8 Å². The van der Waals surface area contributed by atoms with Gasteiger partial charge in [-0.3, -0.25) is 0 Å². The summed E-state index contributed by atoms with van der Waals surface area (Å²) in [6, 6.07) is 3.43. The Morgan fingerprint density at radius 1 is 1.40 bits per heavy atom. The number of pyridine rings is 1. The maximum absolute atomic E-state index is 11.6. The lowest BCUT2D eigenvalue weighted by atomic mass is 10.2. The van der Waals surface area contributed by atoms with E-state index in [-0.39, 0.29) is 10.0 Å². The Balaban J connectivity index is 2.64. The molecule has 5 nitrogen and oxygen atoms in total. The van der Waals surface area contributed by atoms with Crippen LogP contribution in [0.1, 0.15) is 19.0 Å². The molecule has 108 valence electrons. The van der Waals surface area contributed by atoms with E-state index >= 15 is 0 Å². The largest absolute Gasteiger partial charge is 0.266 e. The van der Waals surface area contributed by atoms with Gasteiger partial charge in [0.05, 0.1) is 5.69 Å². The van der Waals surface area contributed by atoms with Gasteiger partial charge in [0.15, 0.2) is 11.0 Å². The average molecular weight is 399 g/mol. The van der Waals surface area contributed by atoms with Gasteiger partial charge >= 0.3 is 0 Å². The molecule has 0 N–H and O–H groups in total. The molecule has 0 unspecified atom stereocenters. The Morgan fingerprint density at radius 3 is 2.60 bits per heavy atom. The van der Waals surface area contributed by atoms with E-state index in [1.807, 2.05) is 6.92 Å². The van der Waals surface area contributed by atoms with Crippen molar-refractivity contribution < 1.29 is 8.42 Å². The van der Waals surface area contributed by atoms with Gasteiger partial charge in [0, 0.05) is 21.4 Å². The second-order valence-corrected chi connectivity index (χ2v) is 7.78. The topological polar surface area (TPSA) is 64.8 Å². The number of nitrogens with zero attached hydrogens (tertiary/aromatic N) is 3. The quantitative estimate of drug-likeness (QED) is 0.738. The van der Waals surface area contributed by atoms with Crippen LogP contribution in [0.5, 0.6) is 0 Å². The molecule has 0 spiro atoms. The van der Waals surface area contributed by atoms with E-state index in [1.54, 1.807) is 18.3 Å². The Bertz CT molecular complexity index is 729. The lowest BCUT2D eigenvalue weighted by Crippen LogP contribution is -2.00. The second-order valence-electron chi connectivity index (χ2n) is 4.00. The standard InChI is InChI=1S/C11H10BrCl2N3O2S/c1-2-3-8-10(20(14,18)19)11(13)17(16-8)9-5-4-7(12)6-15-9/h4-6H,2-3H2,1H3. The van der Waals surface area contributed by atoms with Gasteiger partial charge in [-0.15, -0.1) is 0 Å². The number of rotatable bonds is 4. The highest BCUT2D eigenvalue weighted by atomic mass is 79.9. The molecule has 2 aromatic heterocycles. The molecule has 0 radical (unpaired) electrons. The smallest absolute Gasteiger partial charge is 0.236 e. The number of aryl methyl sites for hydroxylation is 1. The van der Waals surface area contributed by atoms with Crippen molar-refractivity contribution in [2.75, 3.05) is 0 Å². The fourth-order valence-corrected chi connectivity index (χ4v) is 3.80. The summed E-state index contributed by atoms with van der Waals surface area (Å²) in [5.41, 5.74) is 0.345. The van der Waals surface area contributed by atoms with Crippen molar-refractivity contribution in [1.29, 1.82) is 0 Å². The first-order valence-electron chi connectivity index (χ1n) is 5.68. The average Bonchev–Trinajstić information content (AvgIpc) is 2.67. The van der Waals surface area contributed by atoms with E-state index in [2.05, 4.69) is 26.0 Å². The minimum absolute atomic E-state index is 0.0572. The van der Waals surface area contributed by atoms with Gasteiger partial charge in [-0.1, -0.05) is 24.9 Å². The molecule has 0 aliphatic carbocycles. The molecule has 2 aromatic rings. The van der Waals surface area contributed by atoms with Crippen LogP contribution in [-0.4, -0.2) is 23.2 Å². The SMILES string of the molecule is CCCc1nn(-c2ccc(Br)cn2)c(Cl)c1S(=O)(=O)Cl. The van der Waals surface area contributed by atoms with E-state index in [0.29, 0.717) is 17.9 Å². The number of hydrogen-bond donors (Lipinski definition) is 0. The van der Waals surface area contributed by atoms with Crippen molar-refractivity contribution >= 4 is 47.3 Å². The summed E-state index contributed by atoms with van der Waals surface area (Å²) < 4.78 is 25.4. The van der Waals surface area contributed by atoms with Crippen LogP contribution < -0.4 is 0 Å². The summed E-state index contributed by atoms with van der Waals surface area (Å²) in [7, 11) is 1.48. The second kappa shape index (κ2) is 6.01. The summed E-state index contributed by atoms with van der Waals surface area (Å²) in [5, 5.41) is 4.15. The van der Waals surface area contributed by atoms with Crippen LogP contribution in [0.15, 0.2) is 27.7 Å². The first-order valence-corrected chi connectivity index (χ1v) is 9.16. The lowest BCUT2D eigenvalue weighted by Gasteiger charge is -2.01. The van der Waals surface area contributed by atoms with Crippen LogP contribution in [0.2, 0.25) is 5.15 Å². The Labute approximate surface area is 134 Å². The third-order valence-corrected chi connectivity index (χ3v) is 4.83. The van der Waals surface area contributed by atoms with E-state index in [1.165, 1.54) is 4.68 Å².